The van der Waals surface area contributed by atoms with Gasteiger partial charge < -0.3 is 10.3 Å². The highest BCUT2D eigenvalue weighted by atomic mass is 16.2. The molecule has 0 radical (unpaired) electrons. The molecule has 1 amide bonds. The monoisotopic (exact) mass is 301 g/mol. The molecule has 0 aliphatic carbocycles. The van der Waals surface area contributed by atoms with E-state index in [4.69, 9.17) is 0 Å². The van der Waals surface area contributed by atoms with E-state index in [2.05, 4.69) is 22.2 Å². The number of H-pyrrole nitrogens is 1. The number of pyridine rings is 2. The first kappa shape index (κ1) is 16.2. The molecule has 2 aromatic rings. The number of unbranched alkanes of at least 4 members (excludes halogenated alkanes) is 1. The minimum Gasteiger partial charge on any atom is -0.310 e. The highest BCUT2D eigenvalue weighted by molar-refractivity contribution is 5.92. The topological polar surface area (TPSA) is 74.8 Å². The molecule has 22 heavy (non-hydrogen) atoms. The predicted molar refractivity (Wildman–Crippen MR) is 89.0 cm³/mol. The van der Waals surface area contributed by atoms with Gasteiger partial charge >= 0.3 is 0 Å². The van der Waals surface area contributed by atoms with Gasteiger partial charge in [0.1, 0.15) is 11.5 Å². The minimum atomic E-state index is -0.185. The third-order valence-corrected chi connectivity index (χ3v) is 3.93. The normalized spacial score (nSPS) is 12.3. The number of nitrogens with one attached hydrogen (secondary N) is 2. The van der Waals surface area contributed by atoms with E-state index in [1.54, 1.807) is 12.1 Å². The fraction of sp³-hybridized carbons (Fsp3) is 0.471. The standard InChI is InChI=1S/C17H23N3O2/c1-4-6-7-12(5-2)17(22)19-14-9-8-13-11(3)10-15(21)20-16(13)18-14/h8-10,12H,4-7H2,1-3H3,(H2,18,19,20,21,22). The number of carbonyl (C=O) groups excluding carboxylic acids is 1. The molecule has 0 bridgehead atoms. The van der Waals surface area contributed by atoms with E-state index < -0.39 is 0 Å². The highest BCUT2D eigenvalue weighted by Gasteiger charge is 2.16. The van der Waals surface area contributed by atoms with Crippen molar-refractivity contribution in [1.82, 2.24) is 9.97 Å². The Labute approximate surface area is 130 Å². The molecule has 0 aliphatic heterocycles. The minimum absolute atomic E-state index is 0.00204. The summed E-state index contributed by atoms with van der Waals surface area (Å²) in [5.74, 6) is 0.487. The summed E-state index contributed by atoms with van der Waals surface area (Å²) in [6.07, 6.45) is 3.83. The van der Waals surface area contributed by atoms with E-state index in [1.165, 1.54) is 0 Å². The van der Waals surface area contributed by atoms with Crippen LogP contribution in [0.3, 0.4) is 0 Å². The van der Waals surface area contributed by atoms with Crippen molar-refractivity contribution < 1.29 is 4.79 Å². The molecule has 2 rings (SSSR count). The average Bonchev–Trinajstić information content (AvgIpc) is 2.47. The number of anilines is 1. The van der Waals surface area contributed by atoms with E-state index in [9.17, 15) is 9.59 Å². The third-order valence-electron chi connectivity index (χ3n) is 3.93. The number of carbonyl (C=O) groups is 1. The molecule has 5 nitrogen and oxygen atoms in total. The number of hydrogen-bond donors (Lipinski definition) is 2. The molecule has 2 heterocycles. The van der Waals surface area contributed by atoms with Crippen LogP contribution in [0.5, 0.6) is 0 Å². The molecule has 118 valence electrons. The van der Waals surface area contributed by atoms with Gasteiger partial charge in [-0.25, -0.2) is 4.98 Å². The first-order chi connectivity index (χ1) is 10.5. The van der Waals surface area contributed by atoms with Gasteiger partial charge in [-0.3, -0.25) is 9.59 Å². The highest BCUT2D eigenvalue weighted by Crippen LogP contribution is 2.18. The smallest absolute Gasteiger partial charge is 0.249 e. The Kier molecular flexibility index (Phi) is 5.31. The zero-order valence-corrected chi connectivity index (χ0v) is 13.4. The summed E-state index contributed by atoms with van der Waals surface area (Å²) in [5.41, 5.74) is 1.19. The van der Waals surface area contributed by atoms with Crippen LogP contribution in [0.2, 0.25) is 0 Å². The molecule has 5 heteroatoms. The van der Waals surface area contributed by atoms with Crippen LogP contribution in [0.15, 0.2) is 23.0 Å². The zero-order valence-electron chi connectivity index (χ0n) is 13.4. The van der Waals surface area contributed by atoms with Crippen LogP contribution < -0.4 is 10.9 Å². The second-order valence-electron chi connectivity index (χ2n) is 5.65. The van der Waals surface area contributed by atoms with Gasteiger partial charge in [-0.15, -0.1) is 0 Å². The number of fused-ring (bicyclic) bond motifs is 1. The zero-order chi connectivity index (χ0) is 16.1. The van der Waals surface area contributed by atoms with Crippen LogP contribution in [-0.2, 0) is 4.79 Å². The Morgan fingerprint density at radius 3 is 2.82 bits per heavy atom. The fourth-order valence-electron chi connectivity index (χ4n) is 2.57. The number of aromatic nitrogens is 2. The van der Waals surface area contributed by atoms with Crippen molar-refractivity contribution in [3.05, 3.63) is 34.1 Å². The predicted octanol–water partition coefficient (Wildman–Crippen LogP) is 3.39. The maximum Gasteiger partial charge on any atom is 0.249 e. The van der Waals surface area contributed by atoms with Crippen LogP contribution in [0.25, 0.3) is 11.0 Å². The van der Waals surface area contributed by atoms with Gasteiger partial charge in [0, 0.05) is 17.4 Å². The van der Waals surface area contributed by atoms with Gasteiger partial charge in [0.15, 0.2) is 0 Å². The lowest BCUT2D eigenvalue weighted by Gasteiger charge is -2.14. The second-order valence-corrected chi connectivity index (χ2v) is 5.65. The molecule has 1 unspecified atom stereocenters. The van der Waals surface area contributed by atoms with Crippen LogP contribution in [0.4, 0.5) is 5.82 Å². The first-order valence-electron chi connectivity index (χ1n) is 7.86. The van der Waals surface area contributed by atoms with Crippen molar-refractivity contribution in [2.45, 2.75) is 46.5 Å². The second kappa shape index (κ2) is 7.20. The summed E-state index contributed by atoms with van der Waals surface area (Å²) in [4.78, 5) is 30.9. The maximum absolute atomic E-state index is 12.3. The number of hydrogen-bond acceptors (Lipinski definition) is 3. The summed E-state index contributed by atoms with van der Waals surface area (Å²) < 4.78 is 0. The van der Waals surface area contributed by atoms with E-state index in [0.717, 1.165) is 36.6 Å². The lowest BCUT2D eigenvalue weighted by molar-refractivity contribution is -0.120. The van der Waals surface area contributed by atoms with Crippen molar-refractivity contribution in [2.24, 2.45) is 5.92 Å². The van der Waals surface area contributed by atoms with E-state index in [0.29, 0.717) is 11.5 Å². The van der Waals surface area contributed by atoms with Gasteiger partial charge in [-0.2, -0.15) is 0 Å². The molecule has 0 saturated heterocycles. The molecule has 2 N–H and O–H groups in total. The summed E-state index contributed by atoms with van der Waals surface area (Å²) >= 11 is 0. The summed E-state index contributed by atoms with van der Waals surface area (Å²) in [6, 6.07) is 5.19. The molecule has 0 aliphatic rings. The Morgan fingerprint density at radius 1 is 1.36 bits per heavy atom. The van der Waals surface area contributed by atoms with Crippen molar-refractivity contribution >= 4 is 22.8 Å². The Hall–Kier alpha value is -2.17. The maximum atomic E-state index is 12.3. The van der Waals surface area contributed by atoms with E-state index in [1.807, 2.05) is 19.9 Å². The van der Waals surface area contributed by atoms with Crippen LogP contribution in [0.1, 0.15) is 45.1 Å². The summed E-state index contributed by atoms with van der Waals surface area (Å²) in [7, 11) is 0. The molecule has 0 fully saturated rings. The molecule has 0 aromatic carbocycles. The SMILES string of the molecule is CCCCC(CC)C(=O)Nc1ccc2c(C)cc(=O)[nH]c2n1. The van der Waals surface area contributed by atoms with Crippen molar-refractivity contribution in [1.29, 1.82) is 0 Å². The van der Waals surface area contributed by atoms with E-state index >= 15 is 0 Å². The largest absolute Gasteiger partial charge is 0.310 e. The summed E-state index contributed by atoms with van der Waals surface area (Å²) in [6.45, 7) is 6.01. The van der Waals surface area contributed by atoms with Crippen molar-refractivity contribution in [2.75, 3.05) is 5.32 Å². The van der Waals surface area contributed by atoms with Crippen LogP contribution in [-0.4, -0.2) is 15.9 Å². The van der Waals surface area contributed by atoms with Gasteiger partial charge in [-0.05, 0) is 37.5 Å². The number of aromatic amines is 1. The van der Waals surface area contributed by atoms with Crippen LogP contribution in [0, 0.1) is 12.8 Å². The Balaban J connectivity index is 2.21. The van der Waals surface area contributed by atoms with Gasteiger partial charge in [0.25, 0.3) is 0 Å². The quantitative estimate of drug-likeness (QED) is 0.858. The average molecular weight is 301 g/mol. The Morgan fingerprint density at radius 2 is 2.14 bits per heavy atom. The van der Waals surface area contributed by atoms with Gasteiger partial charge in [0.05, 0.1) is 0 Å². The van der Waals surface area contributed by atoms with Gasteiger partial charge in [0.2, 0.25) is 11.5 Å². The van der Waals surface area contributed by atoms with Crippen molar-refractivity contribution in [3.63, 3.8) is 0 Å². The van der Waals surface area contributed by atoms with Gasteiger partial charge in [-0.1, -0.05) is 26.7 Å². The van der Waals surface area contributed by atoms with Crippen LogP contribution >= 0.6 is 0 Å². The molecular weight excluding hydrogens is 278 g/mol. The lowest BCUT2D eigenvalue weighted by Crippen LogP contribution is -2.23. The number of nitrogens with zero attached hydrogens (tertiary/aromatic N) is 1. The van der Waals surface area contributed by atoms with Crippen molar-refractivity contribution in [3.8, 4) is 0 Å². The number of amides is 1. The van der Waals surface area contributed by atoms with E-state index in [-0.39, 0.29) is 17.4 Å². The molecule has 0 spiro atoms. The first-order valence-corrected chi connectivity index (χ1v) is 7.86. The fourth-order valence-corrected chi connectivity index (χ4v) is 2.57. The number of rotatable bonds is 6. The molecule has 2 aromatic heterocycles. The lowest BCUT2D eigenvalue weighted by atomic mass is 9.98. The summed E-state index contributed by atoms with van der Waals surface area (Å²) in [5, 5.41) is 3.75. The molecule has 0 saturated carbocycles. The molecular formula is C17H23N3O2. The Bertz CT molecular complexity index is 721. The third kappa shape index (κ3) is 3.72. The number of aryl methyl sites for hydroxylation is 1. The molecule has 1 atom stereocenters.